The van der Waals surface area contributed by atoms with Crippen molar-refractivity contribution in [3.63, 3.8) is 0 Å². The van der Waals surface area contributed by atoms with E-state index >= 15 is 0 Å². The first kappa shape index (κ1) is 24.6. The summed E-state index contributed by atoms with van der Waals surface area (Å²) in [7, 11) is 1.62. The van der Waals surface area contributed by atoms with Gasteiger partial charge in [-0.25, -0.2) is 9.97 Å². The first-order chi connectivity index (χ1) is 16.5. The molecule has 0 spiro atoms. The summed E-state index contributed by atoms with van der Waals surface area (Å²) in [5, 5.41) is 7.07. The molecule has 184 valence electrons. The summed E-state index contributed by atoms with van der Waals surface area (Å²) in [6, 6.07) is 5.74. The highest BCUT2D eigenvalue weighted by atomic mass is 32.1. The number of anilines is 2. The summed E-state index contributed by atoms with van der Waals surface area (Å²) >= 11 is 1.56. The zero-order chi connectivity index (χ0) is 24.0. The molecule has 0 unspecified atom stereocenters. The van der Waals surface area contributed by atoms with Crippen molar-refractivity contribution in [3.05, 3.63) is 35.0 Å². The van der Waals surface area contributed by atoms with E-state index in [0.717, 1.165) is 41.4 Å². The molecule has 1 saturated carbocycles. The number of thiazole rings is 1. The van der Waals surface area contributed by atoms with Crippen molar-refractivity contribution in [2.45, 2.75) is 57.3 Å². The van der Waals surface area contributed by atoms with Crippen LogP contribution in [0, 0.1) is 12.8 Å². The minimum atomic E-state index is -0.784. The Labute approximate surface area is 205 Å². The van der Waals surface area contributed by atoms with Gasteiger partial charge in [-0.3, -0.25) is 9.59 Å². The second kappa shape index (κ2) is 11.3. The molecule has 1 aliphatic heterocycles. The van der Waals surface area contributed by atoms with Crippen LogP contribution in [0.1, 0.15) is 55.5 Å². The van der Waals surface area contributed by atoms with E-state index in [1.807, 2.05) is 36.2 Å². The molecule has 34 heavy (non-hydrogen) atoms. The monoisotopic (exact) mass is 485 g/mol. The Kier molecular flexibility index (Phi) is 8.15. The number of pyridine rings is 1. The van der Waals surface area contributed by atoms with E-state index in [4.69, 9.17) is 9.72 Å². The van der Waals surface area contributed by atoms with Crippen molar-refractivity contribution in [2.75, 3.05) is 38.7 Å². The van der Waals surface area contributed by atoms with Gasteiger partial charge in [0, 0.05) is 43.7 Å². The lowest BCUT2D eigenvalue weighted by Gasteiger charge is -2.41. The number of rotatable bonds is 8. The molecule has 8 nitrogen and oxygen atoms in total. The molecule has 2 fully saturated rings. The number of aryl methyl sites for hydroxylation is 1. The van der Waals surface area contributed by atoms with E-state index in [2.05, 4.69) is 15.6 Å². The Bertz CT molecular complexity index is 980. The average molecular weight is 486 g/mol. The van der Waals surface area contributed by atoms with Gasteiger partial charge in [-0.05, 0) is 44.7 Å². The molecule has 4 rings (SSSR count). The SMILES string of the molecule is COCCNC(=O)C1(c2cccc(Nc3ncc(C)s3)n2)CCN(C(=O)C2CCCCC2)CC1. The van der Waals surface area contributed by atoms with Gasteiger partial charge in [0.15, 0.2) is 5.13 Å². The lowest BCUT2D eigenvalue weighted by Crippen LogP contribution is -2.54. The van der Waals surface area contributed by atoms with Crippen LogP contribution >= 0.6 is 11.3 Å². The molecule has 2 N–H and O–H groups in total. The first-order valence-electron chi connectivity index (χ1n) is 12.2. The van der Waals surface area contributed by atoms with Crippen LogP contribution in [-0.2, 0) is 19.7 Å². The number of amides is 2. The number of nitrogens with one attached hydrogen (secondary N) is 2. The van der Waals surface area contributed by atoms with Crippen LogP contribution in [0.5, 0.6) is 0 Å². The van der Waals surface area contributed by atoms with Crippen LogP contribution in [0.4, 0.5) is 10.9 Å². The first-order valence-corrected chi connectivity index (χ1v) is 13.1. The summed E-state index contributed by atoms with van der Waals surface area (Å²) in [6.45, 7) is 4.04. The molecule has 2 amide bonds. The minimum absolute atomic E-state index is 0.0518. The van der Waals surface area contributed by atoms with Gasteiger partial charge in [0.1, 0.15) is 5.82 Å². The van der Waals surface area contributed by atoms with Gasteiger partial charge >= 0.3 is 0 Å². The van der Waals surface area contributed by atoms with Crippen molar-refractivity contribution in [3.8, 4) is 0 Å². The number of methoxy groups -OCH3 is 1. The van der Waals surface area contributed by atoms with Crippen LogP contribution in [-0.4, -0.2) is 60.0 Å². The van der Waals surface area contributed by atoms with Crippen LogP contribution in [0.25, 0.3) is 0 Å². The Morgan fingerprint density at radius 3 is 2.65 bits per heavy atom. The summed E-state index contributed by atoms with van der Waals surface area (Å²) < 4.78 is 5.12. The van der Waals surface area contributed by atoms with Crippen molar-refractivity contribution in [1.29, 1.82) is 0 Å². The minimum Gasteiger partial charge on any atom is -0.383 e. The number of piperidine rings is 1. The highest BCUT2D eigenvalue weighted by Crippen LogP contribution is 2.37. The van der Waals surface area contributed by atoms with Gasteiger partial charge in [0.25, 0.3) is 0 Å². The predicted molar refractivity (Wildman–Crippen MR) is 133 cm³/mol. The lowest BCUT2D eigenvalue weighted by molar-refractivity contribution is -0.141. The van der Waals surface area contributed by atoms with Gasteiger partial charge in [-0.1, -0.05) is 25.3 Å². The number of aromatic nitrogens is 2. The topological polar surface area (TPSA) is 96.4 Å². The van der Waals surface area contributed by atoms with Gasteiger partial charge in [0.2, 0.25) is 11.8 Å². The molecular formula is C25H35N5O3S. The van der Waals surface area contributed by atoms with Crippen molar-refractivity contribution in [1.82, 2.24) is 20.2 Å². The molecule has 0 atom stereocenters. The largest absolute Gasteiger partial charge is 0.383 e. The molecule has 2 aromatic heterocycles. The van der Waals surface area contributed by atoms with Crippen molar-refractivity contribution < 1.29 is 14.3 Å². The number of carbonyl (C=O) groups excluding carboxylic acids is 2. The maximum absolute atomic E-state index is 13.5. The quantitative estimate of drug-likeness (QED) is 0.552. The number of carbonyl (C=O) groups is 2. The highest BCUT2D eigenvalue weighted by Gasteiger charge is 2.45. The zero-order valence-corrected chi connectivity index (χ0v) is 21.0. The highest BCUT2D eigenvalue weighted by molar-refractivity contribution is 7.15. The molecule has 3 heterocycles. The van der Waals surface area contributed by atoms with Gasteiger partial charge < -0.3 is 20.3 Å². The summed E-state index contributed by atoms with van der Waals surface area (Å²) in [4.78, 5) is 38.9. The maximum Gasteiger partial charge on any atom is 0.232 e. The number of ether oxygens (including phenoxy) is 1. The van der Waals surface area contributed by atoms with Crippen molar-refractivity contribution in [2.24, 2.45) is 5.92 Å². The summed E-state index contributed by atoms with van der Waals surface area (Å²) in [6.07, 6.45) is 8.41. The third kappa shape index (κ3) is 5.58. The Morgan fingerprint density at radius 1 is 1.21 bits per heavy atom. The molecule has 0 aromatic carbocycles. The molecule has 9 heteroatoms. The predicted octanol–water partition coefficient (Wildman–Crippen LogP) is 3.79. The van der Waals surface area contributed by atoms with E-state index in [-0.39, 0.29) is 17.7 Å². The molecule has 0 bridgehead atoms. The van der Waals surface area contributed by atoms with E-state index in [1.54, 1.807) is 18.4 Å². The van der Waals surface area contributed by atoms with Crippen LogP contribution < -0.4 is 10.6 Å². The number of hydrogen-bond acceptors (Lipinski definition) is 7. The van der Waals surface area contributed by atoms with E-state index in [0.29, 0.717) is 44.9 Å². The summed E-state index contributed by atoms with van der Waals surface area (Å²) in [5.74, 6) is 1.01. The number of likely N-dealkylation sites (tertiary alicyclic amines) is 1. The zero-order valence-electron chi connectivity index (χ0n) is 20.1. The standard InChI is InChI=1S/C25H35N5O3S/c1-18-17-27-24(34-18)29-21-10-6-9-20(28-21)25(23(32)26-13-16-33-2)11-14-30(15-12-25)22(31)19-7-4-3-5-8-19/h6,9-10,17,19H,3-5,7-8,11-16H2,1-2H3,(H,26,32)(H,27,28,29). The normalized spacial score (nSPS) is 18.5. The maximum atomic E-state index is 13.5. The van der Waals surface area contributed by atoms with Crippen LogP contribution in [0.3, 0.4) is 0 Å². The fourth-order valence-corrected chi connectivity index (χ4v) is 5.72. The molecular weight excluding hydrogens is 450 g/mol. The molecule has 1 aliphatic carbocycles. The Balaban J connectivity index is 1.53. The second-order valence-corrected chi connectivity index (χ2v) is 10.5. The van der Waals surface area contributed by atoms with Gasteiger partial charge in [-0.2, -0.15) is 0 Å². The van der Waals surface area contributed by atoms with E-state index in [9.17, 15) is 9.59 Å². The number of hydrogen-bond donors (Lipinski definition) is 2. The summed E-state index contributed by atoms with van der Waals surface area (Å²) in [5.41, 5.74) is -0.0569. The van der Waals surface area contributed by atoms with E-state index < -0.39 is 5.41 Å². The molecule has 1 saturated heterocycles. The lowest BCUT2D eigenvalue weighted by atomic mass is 9.74. The van der Waals surface area contributed by atoms with Crippen LogP contribution in [0.2, 0.25) is 0 Å². The molecule has 0 radical (unpaired) electrons. The smallest absolute Gasteiger partial charge is 0.232 e. The Hall–Kier alpha value is -2.52. The molecule has 2 aromatic rings. The van der Waals surface area contributed by atoms with E-state index in [1.165, 1.54) is 6.42 Å². The fraction of sp³-hybridized carbons (Fsp3) is 0.600. The van der Waals surface area contributed by atoms with Gasteiger partial charge in [0.05, 0.1) is 17.7 Å². The third-order valence-corrected chi connectivity index (χ3v) is 7.83. The van der Waals surface area contributed by atoms with Gasteiger partial charge in [-0.15, -0.1) is 11.3 Å². The number of nitrogens with zero attached hydrogens (tertiary/aromatic N) is 3. The van der Waals surface area contributed by atoms with Crippen molar-refractivity contribution >= 4 is 34.1 Å². The fourth-order valence-electron chi connectivity index (χ4n) is 5.04. The Morgan fingerprint density at radius 2 is 1.97 bits per heavy atom. The third-order valence-electron chi connectivity index (χ3n) is 7.01. The second-order valence-electron chi connectivity index (χ2n) is 9.30. The average Bonchev–Trinajstić information content (AvgIpc) is 3.28. The molecule has 2 aliphatic rings. The van der Waals surface area contributed by atoms with Crippen LogP contribution in [0.15, 0.2) is 24.4 Å².